The van der Waals surface area contributed by atoms with E-state index in [1.807, 2.05) is 0 Å². The molecule has 2 N–H and O–H groups in total. The summed E-state index contributed by atoms with van der Waals surface area (Å²) in [6.45, 7) is 1.52. The van der Waals surface area contributed by atoms with Gasteiger partial charge in [-0.25, -0.2) is 10.1 Å². The van der Waals surface area contributed by atoms with Crippen molar-refractivity contribution >= 4 is 17.8 Å². The van der Waals surface area contributed by atoms with Crippen molar-refractivity contribution in [1.82, 2.24) is 15.2 Å². The van der Waals surface area contributed by atoms with E-state index in [1.54, 1.807) is 12.1 Å². The van der Waals surface area contributed by atoms with Gasteiger partial charge in [0.05, 0.1) is 18.2 Å². The number of carbonyl (C=O) groups is 1. The summed E-state index contributed by atoms with van der Waals surface area (Å²) in [5, 5.41) is 27.7. The molecule has 1 unspecified atom stereocenters. The van der Waals surface area contributed by atoms with E-state index in [2.05, 4.69) is 15.6 Å². The van der Waals surface area contributed by atoms with Gasteiger partial charge in [-0.15, -0.1) is 5.10 Å². The number of benzene rings is 1. The predicted octanol–water partition coefficient (Wildman–Crippen LogP) is 1.22. The average molecular weight is 333 g/mol. The number of phenolic OH excluding ortho intramolecular Hbond substituents is 1. The molecular weight excluding hydrogens is 318 g/mol. The number of nitrogens with one attached hydrogen (secondary N) is 1. The van der Waals surface area contributed by atoms with Gasteiger partial charge < -0.3 is 9.84 Å². The van der Waals surface area contributed by atoms with Crippen molar-refractivity contribution in [3.63, 3.8) is 0 Å². The van der Waals surface area contributed by atoms with Gasteiger partial charge in [0.1, 0.15) is 18.0 Å². The molecule has 0 aliphatic heterocycles. The lowest BCUT2D eigenvalue weighted by Gasteiger charge is -2.09. The Morgan fingerprint density at radius 2 is 2.17 bits per heavy atom. The first-order valence-electron chi connectivity index (χ1n) is 6.82. The van der Waals surface area contributed by atoms with Crippen LogP contribution in [0.2, 0.25) is 0 Å². The molecule has 0 saturated heterocycles. The lowest BCUT2D eigenvalue weighted by Crippen LogP contribution is -2.27. The van der Waals surface area contributed by atoms with Crippen LogP contribution < -0.4 is 10.2 Å². The second-order valence-corrected chi connectivity index (χ2v) is 4.76. The van der Waals surface area contributed by atoms with Crippen LogP contribution in [0.25, 0.3) is 0 Å². The molecule has 2 aromatic rings. The number of phenols is 1. The van der Waals surface area contributed by atoms with Gasteiger partial charge in [-0.3, -0.25) is 14.9 Å². The van der Waals surface area contributed by atoms with Gasteiger partial charge >= 0.3 is 11.6 Å². The zero-order valence-corrected chi connectivity index (χ0v) is 12.9. The lowest BCUT2D eigenvalue weighted by atomic mass is 10.2. The first-order valence-corrected chi connectivity index (χ1v) is 6.82. The number of hydrazone groups is 1. The molecule has 0 radical (unpaired) electrons. The van der Waals surface area contributed by atoms with Crippen LogP contribution in [0.4, 0.5) is 5.69 Å². The predicted molar refractivity (Wildman–Crippen MR) is 84.0 cm³/mol. The Morgan fingerprint density at radius 3 is 2.71 bits per heavy atom. The number of hydrogen-bond acceptors (Lipinski definition) is 7. The van der Waals surface area contributed by atoms with Crippen molar-refractivity contribution in [2.24, 2.45) is 5.10 Å². The first-order chi connectivity index (χ1) is 11.4. The van der Waals surface area contributed by atoms with Gasteiger partial charge in [0.25, 0.3) is 5.91 Å². The van der Waals surface area contributed by atoms with Crippen LogP contribution in [-0.2, 0) is 4.79 Å². The molecule has 1 heterocycles. The van der Waals surface area contributed by atoms with Crippen molar-refractivity contribution in [1.29, 1.82) is 0 Å². The quantitative estimate of drug-likeness (QED) is 0.464. The molecule has 24 heavy (non-hydrogen) atoms. The fraction of sp³-hybridized carbons (Fsp3) is 0.214. The minimum Gasteiger partial charge on any atom is -0.508 e. The second kappa shape index (κ2) is 7.22. The maximum absolute atomic E-state index is 12.0. The number of rotatable bonds is 6. The van der Waals surface area contributed by atoms with Crippen LogP contribution >= 0.6 is 0 Å². The highest BCUT2D eigenvalue weighted by molar-refractivity contribution is 5.84. The number of amides is 1. The van der Waals surface area contributed by atoms with E-state index < -0.39 is 16.9 Å². The third kappa shape index (κ3) is 3.85. The molecule has 0 fully saturated rings. The maximum Gasteiger partial charge on any atom is 0.350 e. The SMILES string of the molecule is COc1nn(C(C)C(=O)N/N=C\c2ccc(O)cc2)cc1[N+](=O)[O-]. The third-order valence-corrected chi connectivity index (χ3v) is 3.13. The Hall–Kier alpha value is -3.43. The Kier molecular flexibility index (Phi) is 5.09. The Balaban J connectivity index is 2.04. The average Bonchev–Trinajstić information content (AvgIpc) is 3.00. The molecule has 10 nitrogen and oxygen atoms in total. The molecular formula is C14H15N5O5. The van der Waals surface area contributed by atoms with Gasteiger partial charge in [-0.2, -0.15) is 5.10 Å². The molecule has 10 heteroatoms. The number of methoxy groups -OCH3 is 1. The summed E-state index contributed by atoms with van der Waals surface area (Å²) in [5.41, 5.74) is 2.67. The number of carbonyl (C=O) groups excluding carboxylic acids is 1. The highest BCUT2D eigenvalue weighted by Gasteiger charge is 2.25. The lowest BCUT2D eigenvalue weighted by molar-refractivity contribution is -0.385. The molecule has 0 spiro atoms. The van der Waals surface area contributed by atoms with Crippen molar-refractivity contribution < 1.29 is 19.6 Å². The van der Waals surface area contributed by atoms with Crippen molar-refractivity contribution in [3.8, 4) is 11.6 Å². The van der Waals surface area contributed by atoms with Crippen molar-refractivity contribution in [2.45, 2.75) is 13.0 Å². The molecule has 0 saturated carbocycles. The topological polar surface area (TPSA) is 132 Å². The summed E-state index contributed by atoms with van der Waals surface area (Å²) in [4.78, 5) is 22.3. The molecule has 126 valence electrons. The zero-order chi connectivity index (χ0) is 17.7. The molecule has 1 atom stereocenters. The Morgan fingerprint density at radius 1 is 1.50 bits per heavy atom. The van der Waals surface area contributed by atoms with Crippen LogP contribution in [0.15, 0.2) is 35.6 Å². The molecule has 0 aliphatic carbocycles. The van der Waals surface area contributed by atoms with E-state index >= 15 is 0 Å². The van der Waals surface area contributed by atoms with E-state index in [-0.39, 0.29) is 17.3 Å². The molecule has 0 bridgehead atoms. The molecule has 0 aliphatic rings. The summed E-state index contributed by atoms with van der Waals surface area (Å²) in [5.74, 6) is -0.559. The largest absolute Gasteiger partial charge is 0.508 e. The molecule has 1 aromatic carbocycles. The minimum absolute atomic E-state index is 0.124. The van der Waals surface area contributed by atoms with Gasteiger partial charge in [-0.1, -0.05) is 0 Å². The van der Waals surface area contributed by atoms with E-state index in [9.17, 15) is 20.0 Å². The summed E-state index contributed by atoms with van der Waals surface area (Å²) >= 11 is 0. The van der Waals surface area contributed by atoms with E-state index in [0.29, 0.717) is 5.56 Å². The van der Waals surface area contributed by atoms with Gasteiger partial charge in [0, 0.05) is 0 Å². The van der Waals surface area contributed by atoms with Crippen molar-refractivity contribution in [2.75, 3.05) is 7.11 Å². The van der Waals surface area contributed by atoms with Crippen LogP contribution in [0, 0.1) is 10.1 Å². The highest BCUT2D eigenvalue weighted by Crippen LogP contribution is 2.25. The Labute approximate surface area is 136 Å². The molecule has 1 amide bonds. The second-order valence-electron chi connectivity index (χ2n) is 4.76. The van der Waals surface area contributed by atoms with E-state index in [1.165, 1.54) is 32.4 Å². The maximum atomic E-state index is 12.0. The van der Waals surface area contributed by atoms with E-state index in [0.717, 1.165) is 10.9 Å². The zero-order valence-electron chi connectivity index (χ0n) is 12.9. The number of hydrogen-bond donors (Lipinski definition) is 2. The molecule has 2 rings (SSSR count). The number of aromatic nitrogens is 2. The number of nitro groups is 1. The standard InChI is InChI=1S/C14H15N5O5/c1-9(18-8-12(19(22)23)14(17-18)24-2)13(21)16-15-7-10-3-5-11(20)6-4-10/h3-9,20H,1-2H3,(H,16,21)/b15-7-. The summed E-state index contributed by atoms with van der Waals surface area (Å²) in [6, 6.07) is 5.39. The van der Waals surface area contributed by atoms with Gasteiger partial charge in [0.15, 0.2) is 0 Å². The van der Waals surface area contributed by atoms with Crippen molar-refractivity contribution in [3.05, 3.63) is 46.1 Å². The summed E-state index contributed by atoms with van der Waals surface area (Å²) < 4.78 is 5.94. The third-order valence-electron chi connectivity index (χ3n) is 3.13. The number of nitrogens with zero attached hydrogens (tertiary/aromatic N) is 4. The first kappa shape index (κ1) is 16.9. The number of aromatic hydroxyl groups is 1. The highest BCUT2D eigenvalue weighted by atomic mass is 16.6. The normalized spacial score (nSPS) is 12.1. The fourth-order valence-electron chi connectivity index (χ4n) is 1.78. The fourth-order valence-corrected chi connectivity index (χ4v) is 1.78. The van der Waals surface area contributed by atoms with Crippen LogP contribution in [-0.4, -0.2) is 39.0 Å². The monoisotopic (exact) mass is 333 g/mol. The smallest absolute Gasteiger partial charge is 0.350 e. The van der Waals surface area contributed by atoms with Crippen LogP contribution in [0.5, 0.6) is 11.6 Å². The molecule has 1 aromatic heterocycles. The number of ether oxygens (including phenoxy) is 1. The summed E-state index contributed by atoms with van der Waals surface area (Å²) in [7, 11) is 1.26. The van der Waals surface area contributed by atoms with E-state index in [4.69, 9.17) is 4.74 Å². The Bertz CT molecular complexity index is 768. The van der Waals surface area contributed by atoms with Gasteiger partial charge in [-0.05, 0) is 36.8 Å². The summed E-state index contributed by atoms with van der Waals surface area (Å²) in [6.07, 6.45) is 2.52. The van der Waals surface area contributed by atoms with Crippen LogP contribution in [0.1, 0.15) is 18.5 Å². The van der Waals surface area contributed by atoms with Gasteiger partial charge in [0.2, 0.25) is 0 Å². The van der Waals surface area contributed by atoms with Crippen LogP contribution in [0.3, 0.4) is 0 Å². The minimum atomic E-state index is -0.829.